The Kier molecular flexibility index (Phi) is 4.11. The molecule has 0 bridgehead atoms. The van der Waals surface area contributed by atoms with E-state index in [1.165, 1.54) is 11.1 Å². The summed E-state index contributed by atoms with van der Waals surface area (Å²) in [5.74, 6) is 0. The van der Waals surface area contributed by atoms with Gasteiger partial charge in [-0.05, 0) is 25.8 Å². The largest absolute Gasteiger partial charge is 0.380 e. The lowest BCUT2D eigenvalue weighted by molar-refractivity contribution is 0.0956. The Morgan fingerprint density at radius 1 is 1.43 bits per heavy atom. The van der Waals surface area contributed by atoms with Gasteiger partial charge in [-0.2, -0.15) is 0 Å². The average molecular weight is 193 g/mol. The van der Waals surface area contributed by atoms with Crippen molar-refractivity contribution < 1.29 is 4.74 Å². The average Bonchev–Trinajstić information content (AvgIpc) is 2.16. The van der Waals surface area contributed by atoms with Crippen LogP contribution in [0.4, 0.5) is 0 Å². The van der Waals surface area contributed by atoms with Crippen LogP contribution in [0.2, 0.25) is 0 Å². The van der Waals surface area contributed by atoms with E-state index in [2.05, 4.69) is 31.2 Å². The first-order valence-corrected chi connectivity index (χ1v) is 4.97. The molecule has 0 aliphatic carbocycles. The Labute approximate surface area is 86.1 Å². The van der Waals surface area contributed by atoms with E-state index in [-0.39, 0.29) is 12.1 Å². The molecule has 1 aromatic rings. The Morgan fingerprint density at radius 3 is 2.71 bits per heavy atom. The van der Waals surface area contributed by atoms with Gasteiger partial charge in [-0.3, -0.25) is 0 Å². The fourth-order valence-electron chi connectivity index (χ4n) is 1.45. The number of ether oxygens (including phenoxy) is 1. The van der Waals surface area contributed by atoms with E-state index < -0.39 is 0 Å². The molecular formula is C12H19NO. The van der Waals surface area contributed by atoms with E-state index in [1.54, 1.807) is 7.11 Å². The van der Waals surface area contributed by atoms with Crippen LogP contribution in [-0.2, 0) is 11.2 Å². The van der Waals surface area contributed by atoms with Crippen molar-refractivity contribution in [2.24, 2.45) is 5.73 Å². The molecule has 14 heavy (non-hydrogen) atoms. The topological polar surface area (TPSA) is 35.2 Å². The summed E-state index contributed by atoms with van der Waals surface area (Å²) in [6, 6.07) is 8.50. The molecule has 2 atom stereocenters. The molecule has 1 rings (SSSR count). The third kappa shape index (κ3) is 3.13. The highest BCUT2D eigenvalue weighted by atomic mass is 16.5. The molecule has 0 spiro atoms. The molecule has 2 unspecified atom stereocenters. The quantitative estimate of drug-likeness (QED) is 0.792. The summed E-state index contributed by atoms with van der Waals surface area (Å²) in [5, 5.41) is 0. The molecule has 0 saturated heterocycles. The molecule has 0 aromatic heterocycles. The van der Waals surface area contributed by atoms with Crippen LogP contribution in [0.1, 0.15) is 18.1 Å². The maximum Gasteiger partial charge on any atom is 0.0697 e. The maximum atomic E-state index is 5.98. The summed E-state index contributed by atoms with van der Waals surface area (Å²) in [6.45, 7) is 4.09. The summed E-state index contributed by atoms with van der Waals surface area (Å²) < 4.78 is 5.19. The second kappa shape index (κ2) is 5.13. The van der Waals surface area contributed by atoms with Gasteiger partial charge in [-0.1, -0.05) is 29.8 Å². The third-order valence-electron chi connectivity index (χ3n) is 2.53. The number of hydrogen-bond acceptors (Lipinski definition) is 2. The first kappa shape index (κ1) is 11.2. The minimum absolute atomic E-state index is 0.0711. The fraction of sp³-hybridized carbons (Fsp3) is 0.500. The molecule has 78 valence electrons. The van der Waals surface area contributed by atoms with Crippen molar-refractivity contribution in [3.8, 4) is 0 Å². The Bertz CT molecular complexity index is 285. The fourth-order valence-corrected chi connectivity index (χ4v) is 1.45. The summed E-state index contributed by atoms with van der Waals surface area (Å²) in [5.41, 5.74) is 8.54. The van der Waals surface area contributed by atoms with Crippen LogP contribution in [0, 0.1) is 6.92 Å². The van der Waals surface area contributed by atoms with Gasteiger partial charge in [0.1, 0.15) is 0 Å². The second-order valence-corrected chi connectivity index (χ2v) is 3.80. The van der Waals surface area contributed by atoms with E-state index in [0.717, 1.165) is 6.42 Å². The molecular weight excluding hydrogens is 174 g/mol. The van der Waals surface area contributed by atoms with Crippen LogP contribution >= 0.6 is 0 Å². The molecule has 0 radical (unpaired) electrons. The van der Waals surface area contributed by atoms with E-state index in [9.17, 15) is 0 Å². The molecule has 0 amide bonds. The lowest BCUT2D eigenvalue weighted by atomic mass is 10.0. The van der Waals surface area contributed by atoms with Gasteiger partial charge in [-0.25, -0.2) is 0 Å². The van der Waals surface area contributed by atoms with Crippen molar-refractivity contribution in [1.82, 2.24) is 0 Å². The molecule has 0 heterocycles. The highest BCUT2D eigenvalue weighted by Crippen LogP contribution is 2.08. The van der Waals surface area contributed by atoms with Gasteiger partial charge < -0.3 is 10.5 Å². The predicted octanol–water partition coefficient (Wildman–Crippen LogP) is 1.90. The normalized spacial score (nSPS) is 15.1. The summed E-state index contributed by atoms with van der Waals surface area (Å²) in [7, 11) is 1.70. The molecule has 0 aliphatic heterocycles. The maximum absolute atomic E-state index is 5.98. The van der Waals surface area contributed by atoms with Gasteiger partial charge in [0.05, 0.1) is 6.10 Å². The van der Waals surface area contributed by atoms with E-state index in [4.69, 9.17) is 10.5 Å². The predicted molar refractivity (Wildman–Crippen MR) is 59.3 cm³/mol. The Balaban J connectivity index is 2.60. The Morgan fingerprint density at radius 2 is 2.14 bits per heavy atom. The SMILES string of the molecule is COC(C)C(N)Cc1cccc(C)c1. The van der Waals surface area contributed by atoms with E-state index in [0.29, 0.717) is 0 Å². The molecule has 2 N–H and O–H groups in total. The van der Waals surface area contributed by atoms with Crippen LogP contribution in [0.5, 0.6) is 0 Å². The van der Waals surface area contributed by atoms with Crippen molar-refractivity contribution in [3.63, 3.8) is 0 Å². The standard InChI is InChI=1S/C12H19NO/c1-9-5-4-6-11(7-9)8-12(13)10(2)14-3/h4-7,10,12H,8,13H2,1-3H3. The van der Waals surface area contributed by atoms with Crippen molar-refractivity contribution in [2.45, 2.75) is 32.4 Å². The number of nitrogens with two attached hydrogens (primary N) is 1. The number of aryl methyl sites for hydroxylation is 1. The van der Waals surface area contributed by atoms with Gasteiger partial charge in [0.2, 0.25) is 0 Å². The van der Waals surface area contributed by atoms with Crippen LogP contribution in [0.15, 0.2) is 24.3 Å². The zero-order valence-corrected chi connectivity index (χ0v) is 9.16. The van der Waals surface area contributed by atoms with Gasteiger partial charge in [-0.15, -0.1) is 0 Å². The summed E-state index contributed by atoms with van der Waals surface area (Å²) in [4.78, 5) is 0. The van der Waals surface area contributed by atoms with Crippen molar-refractivity contribution in [1.29, 1.82) is 0 Å². The third-order valence-corrected chi connectivity index (χ3v) is 2.53. The smallest absolute Gasteiger partial charge is 0.0697 e. The monoisotopic (exact) mass is 193 g/mol. The van der Waals surface area contributed by atoms with Crippen LogP contribution < -0.4 is 5.73 Å². The minimum atomic E-state index is 0.0711. The zero-order chi connectivity index (χ0) is 10.6. The molecule has 0 fully saturated rings. The van der Waals surface area contributed by atoms with Gasteiger partial charge in [0.25, 0.3) is 0 Å². The molecule has 2 nitrogen and oxygen atoms in total. The van der Waals surface area contributed by atoms with Crippen LogP contribution in [0.25, 0.3) is 0 Å². The number of methoxy groups -OCH3 is 1. The van der Waals surface area contributed by atoms with E-state index in [1.807, 2.05) is 6.92 Å². The lowest BCUT2D eigenvalue weighted by Crippen LogP contribution is -2.35. The molecule has 0 aliphatic rings. The molecule has 2 heteroatoms. The minimum Gasteiger partial charge on any atom is -0.380 e. The highest BCUT2D eigenvalue weighted by Gasteiger charge is 2.11. The van der Waals surface area contributed by atoms with Gasteiger partial charge >= 0.3 is 0 Å². The Hall–Kier alpha value is -0.860. The van der Waals surface area contributed by atoms with Crippen molar-refractivity contribution >= 4 is 0 Å². The molecule has 1 aromatic carbocycles. The van der Waals surface area contributed by atoms with Crippen LogP contribution in [-0.4, -0.2) is 19.3 Å². The number of rotatable bonds is 4. The van der Waals surface area contributed by atoms with E-state index >= 15 is 0 Å². The summed E-state index contributed by atoms with van der Waals surface area (Å²) in [6.07, 6.45) is 0.979. The first-order chi connectivity index (χ1) is 6.63. The van der Waals surface area contributed by atoms with Crippen molar-refractivity contribution in [3.05, 3.63) is 35.4 Å². The highest BCUT2D eigenvalue weighted by molar-refractivity contribution is 5.23. The molecule has 0 saturated carbocycles. The first-order valence-electron chi connectivity index (χ1n) is 4.97. The zero-order valence-electron chi connectivity index (χ0n) is 9.16. The second-order valence-electron chi connectivity index (χ2n) is 3.80. The van der Waals surface area contributed by atoms with Crippen LogP contribution in [0.3, 0.4) is 0 Å². The number of hydrogen-bond donors (Lipinski definition) is 1. The van der Waals surface area contributed by atoms with Crippen molar-refractivity contribution in [2.75, 3.05) is 7.11 Å². The lowest BCUT2D eigenvalue weighted by Gasteiger charge is -2.18. The number of benzene rings is 1. The summed E-state index contributed by atoms with van der Waals surface area (Å²) >= 11 is 0. The van der Waals surface area contributed by atoms with Gasteiger partial charge in [0, 0.05) is 13.2 Å². The van der Waals surface area contributed by atoms with Gasteiger partial charge in [0.15, 0.2) is 0 Å².